The van der Waals surface area contributed by atoms with E-state index in [4.69, 9.17) is 0 Å². The van der Waals surface area contributed by atoms with Gasteiger partial charge in [-0.2, -0.15) is 0 Å². The Kier molecular flexibility index (Phi) is 4.49. The normalized spacial score (nSPS) is 19.9. The van der Waals surface area contributed by atoms with Gasteiger partial charge in [-0.1, -0.05) is 12.1 Å². The van der Waals surface area contributed by atoms with E-state index in [0.717, 1.165) is 6.07 Å². The lowest BCUT2D eigenvalue weighted by Gasteiger charge is -2.26. The van der Waals surface area contributed by atoms with Gasteiger partial charge in [0.05, 0.1) is 22.6 Å². The van der Waals surface area contributed by atoms with E-state index in [-0.39, 0.29) is 29.1 Å². The van der Waals surface area contributed by atoms with Gasteiger partial charge in [-0.25, -0.2) is 14.1 Å². The number of rotatable bonds is 3. The van der Waals surface area contributed by atoms with Gasteiger partial charge in [0, 0.05) is 12.2 Å². The van der Waals surface area contributed by atoms with Gasteiger partial charge in [0.25, 0.3) is 11.5 Å². The largest absolute Gasteiger partial charge is 0.393 e. The summed E-state index contributed by atoms with van der Waals surface area (Å²) in [6.45, 7) is 0. The molecule has 8 heteroatoms. The monoisotopic (exact) mass is 370 g/mol. The average molecular weight is 370 g/mol. The fraction of sp³-hybridized carbons (Fsp3) is 0.316. The van der Waals surface area contributed by atoms with E-state index in [2.05, 4.69) is 15.4 Å². The van der Waals surface area contributed by atoms with Crippen LogP contribution in [-0.4, -0.2) is 37.9 Å². The molecule has 140 valence electrons. The van der Waals surface area contributed by atoms with E-state index in [1.165, 1.54) is 10.9 Å². The van der Waals surface area contributed by atoms with Crippen LogP contribution in [0.4, 0.5) is 4.39 Å². The Morgan fingerprint density at radius 2 is 2.00 bits per heavy atom. The molecule has 0 unspecified atom stereocenters. The molecule has 3 aromatic rings. The summed E-state index contributed by atoms with van der Waals surface area (Å²) in [7, 11) is 0. The minimum Gasteiger partial charge on any atom is -0.393 e. The van der Waals surface area contributed by atoms with Crippen LogP contribution in [0.1, 0.15) is 36.0 Å². The van der Waals surface area contributed by atoms with Crippen molar-refractivity contribution in [2.24, 2.45) is 0 Å². The Balaban J connectivity index is 1.59. The molecule has 1 saturated carbocycles. The predicted octanol–water partition coefficient (Wildman–Crippen LogP) is 1.89. The van der Waals surface area contributed by atoms with E-state index in [0.29, 0.717) is 36.6 Å². The molecule has 1 aliphatic carbocycles. The van der Waals surface area contributed by atoms with E-state index < -0.39 is 11.7 Å². The Labute approximate surface area is 153 Å². The standard InChI is InChI=1S/C19H19FN4O3/c20-15-9-11(18(26)22-12-5-7-13(25)8-6-12)10-21-17(15)24-16-4-2-1-3-14(16)19(27)23-24/h1-4,9-10,12-13,25H,5-8H2,(H,22,26)(H,23,27). The molecular formula is C19H19FN4O3. The first-order valence-electron chi connectivity index (χ1n) is 8.87. The minimum absolute atomic E-state index is 0.0339. The molecular weight excluding hydrogens is 351 g/mol. The first-order valence-corrected chi connectivity index (χ1v) is 8.87. The van der Waals surface area contributed by atoms with Gasteiger partial charge in [-0.05, 0) is 43.9 Å². The second-order valence-electron chi connectivity index (χ2n) is 6.80. The number of aromatic nitrogens is 3. The molecule has 1 aromatic carbocycles. The molecule has 0 atom stereocenters. The summed E-state index contributed by atoms with van der Waals surface area (Å²) in [4.78, 5) is 28.4. The van der Waals surface area contributed by atoms with Gasteiger partial charge in [-0.3, -0.25) is 14.7 Å². The molecule has 2 aromatic heterocycles. The second kappa shape index (κ2) is 6.96. The number of para-hydroxylation sites is 1. The number of H-pyrrole nitrogens is 1. The zero-order valence-corrected chi connectivity index (χ0v) is 14.5. The first kappa shape index (κ1) is 17.4. The van der Waals surface area contributed by atoms with Crippen molar-refractivity contribution >= 4 is 16.8 Å². The van der Waals surface area contributed by atoms with E-state index in [1.807, 2.05) is 0 Å². The summed E-state index contributed by atoms with van der Waals surface area (Å²) in [5.74, 6) is -1.19. The number of carbonyl (C=O) groups excluding carboxylic acids is 1. The third kappa shape index (κ3) is 3.35. The maximum Gasteiger partial charge on any atom is 0.272 e. The summed E-state index contributed by atoms with van der Waals surface area (Å²) in [6.07, 6.45) is 3.65. The van der Waals surface area contributed by atoms with Gasteiger partial charge in [0.2, 0.25) is 0 Å². The summed E-state index contributed by atoms with van der Waals surface area (Å²) in [6, 6.07) is 7.88. The Bertz CT molecular complexity index is 1050. The van der Waals surface area contributed by atoms with Crippen LogP contribution in [0.2, 0.25) is 0 Å². The zero-order valence-electron chi connectivity index (χ0n) is 14.5. The topological polar surface area (TPSA) is 100 Å². The van der Waals surface area contributed by atoms with Crippen molar-refractivity contribution in [3.8, 4) is 5.82 Å². The second-order valence-corrected chi connectivity index (χ2v) is 6.80. The highest BCUT2D eigenvalue weighted by Gasteiger charge is 2.22. The number of nitrogens with one attached hydrogen (secondary N) is 2. The zero-order chi connectivity index (χ0) is 19.0. The van der Waals surface area contributed by atoms with Gasteiger partial charge >= 0.3 is 0 Å². The van der Waals surface area contributed by atoms with Crippen LogP contribution in [0.5, 0.6) is 0 Å². The van der Waals surface area contributed by atoms with Crippen molar-refractivity contribution in [3.63, 3.8) is 0 Å². The van der Waals surface area contributed by atoms with E-state index >= 15 is 0 Å². The van der Waals surface area contributed by atoms with Crippen LogP contribution in [0.15, 0.2) is 41.3 Å². The molecule has 4 rings (SSSR count). The highest BCUT2D eigenvalue weighted by molar-refractivity contribution is 5.94. The van der Waals surface area contributed by atoms with Crippen molar-refractivity contribution in [2.45, 2.75) is 37.8 Å². The SMILES string of the molecule is O=C(NC1CCC(O)CC1)c1cnc(-n2[nH]c(=O)c3ccccc32)c(F)c1. The first-order chi connectivity index (χ1) is 13.0. The number of aliphatic hydroxyl groups is 1. The molecule has 0 radical (unpaired) electrons. The predicted molar refractivity (Wildman–Crippen MR) is 97.4 cm³/mol. The Morgan fingerprint density at radius 1 is 1.26 bits per heavy atom. The highest BCUT2D eigenvalue weighted by Crippen LogP contribution is 2.20. The lowest BCUT2D eigenvalue weighted by Crippen LogP contribution is -2.38. The lowest BCUT2D eigenvalue weighted by atomic mass is 9.93. The number of fused-ring (bicyclic) bond motifs is 1. The molecule has 0 spiro atoms. The van der Waals surface area contributed by atoms with Gasteiger partial charge in [-0.15, -0.1) is 0 Å². The van der Waals surface area contributed by atoms with Gasteiger partial charge < -0.3 is 10.4 Å². The maximum absolute atomic E-state index is 14.6. The summed E-state index contributed by atoms with van der Waals surface area (Å²) in [5.41, 5.74) is 0.279. The molecule has 1 aliphatic rings. The van der Waals surface area contributed by atoms with Crippen molar-refractivity contribution in [1.29, 1.82) is 0 Å². The number of pyridine rings is 1. The summed E-state index contributed by atoms with van der Waals surface area (Å²) in [5, 5.41) is 15.4. The molecule has 1 fully saturated rings. The Hall–Kier alpha value is -3.00. The van der Waals surface area contributed by atoms with Crippen molar-refractivity contribution < 1.29 is 14.3 Å². The van der Waals surface area contributed by atoms with E-state index in [9.17, 15) is 19.1 Å². The molecule has 1 amide bonds. The molecule has 3 N–H and O–H groups in total. The molecule has 2 heterocycles. The third-order valence-electron chi connectivity index (χ3n) is 4.93. The number of hydrogen-bond donors (Lipinski definition) is 3. The average Bonchev–Trinajstić information content (AvgIpc) is 3.00. The fourth-order valence-electron chi connectivity index (χ4n) is 3.46. The number of nitrogens with zero attached hydrogens (tertiary/aromatic N) is 2. The smallest absolute Gasteiger partial charge is 0.272 e. The van der Waals surface area contributed by atoms with Crippen LogP contribution in [0, 0.1) is 5.82 Å². The molecule has 0 saturated heterocycles. The number of hydrogen-bond acceptors (Lipinski definition) is 4. The maximum atomic E-state index is 14.6. The lowest BCUT2D eigenvalue weighted by molar-refractivity contribution is 0.0867. The van der Waals surface area contributed by atoms with Gasteiger partial charge in [0.1, 0.15) is 0 Å². The number of aromatic amines is 1. The number of carbonyl (C=O) groups is 1. The number of benzene rings is 1. The summed E-state index contributed by atoms with van der Waals surface area (Å²) >= 11 is 0. The van der Waals surface area contributed by atoms with Crippen LogP contribution < -0.4 is 10.9 Å². The minimum atomic E-state index is -0.710. The van der Waals surface area contributed by atoms with Crippen LogP contribution in [0.3, 0.4) is 0 Å². The molecule has 27 heavy (non-hydrogen) atoms. The molecule has 7 nitrogen and oxygen atoms in total. The fourth-order valence-corrected chi connectivity index (χ4v) is 3.46. The van der Waals surface area contributed by atoms with Crippen molar-refractivity contribution in [1.82, 2.24) is 20.1 Å². The number of aliphatic hydroxyl groups excluding tert-OH is 1. The Morgan fingerprint density at radius 3 is 2.74 bits per heavy atom. The van der Waals surface area contributed by atoms with E-state index in [1.54, 1.807) is 24.3 Å². The van der Waals surface area contributed by atoms with Crippen LogP contribution in [-0.2, 0) is 0 Å². The summed E-state index contributed by atoms with van der Waals surface area (Å²) < 4.78 is 15.9. The molecule has 0 aliphatic heterocycles. The third-order valence-corrected chi connectivity index (χ3v) is 4.93. The van der Waals surface area contributed by atoms with Gasteiger partial charge in [0.15, 0.2) is 11.6 Å². The van der Waals surface area contributed by atoms with Crippen molar-refractivity contribution in [2.75, 3.05) is 0 Å². The quantitative estimate of drug-likeness (QED) is 0.655. The molecule has 0 bridgehead atoms. The van der Waals surface area contributed by atoms with Crippen LogP contribution >= 0.6 is 0 Å². The highest BCUT2D eigenvalue weighted by atomic mass is 19.1. The van der Waals surface area contributed by atoms with Crippen molar-refractivity contribution in [3.05, 3.63) is 58.3 Å². The number of halogens is 1. The number of amides is 1. The van der Waals surface area contributed by atoms with Crippen LogP contribution in [0.25, 0.3) is 16.7 Å².